The van der Waals surface area contributed by atoms with E-state index in [9.17, 15) is 4.79 Å². The van der Waals surface area contributed by atoms with Gasteiger partial charge in [0.1, 0.15) is 0 Å². The van der Waals surface area contributed by atoms with Crippen molar-refractivity contribution in [3.8, 4) is 0 Å². The van der Waals surface area contributed by atoms with E-state index in [0.717, 1.165) is 18.4 Å². The lowest BCUT2D eigenvalue weighted by atomic mass is 9.93. The number of carbonyl (C=O) groups is 1. The van der Waals surface area contributed by atoms with E-state index < -0.39 is 0 Å². The van der Waals surface area contributed by atoms with Crippen molar-refractivity contribution in [3.05, 3.63) is 34.4 Å². The Morgan fingerprint density at radius 3 is 2.25 bits per heavy atom. The molecule has 1 atom stereocenters. The molecule has 0 fully saturated rings. The summed E-state index contributed by atoms with van der Waals surface area (Å²) in [5.41, 5.74) is 4.91. The number of rotatable bonds is 7. The average Bonchev–Trinajstić information content (AvgIpc) is 2.35. The second-order valence-electron chi connectivity index (χ2n) is 5.81. The normalized spacial score (nSPS) is 14.4. The highest BCUT2D eigenvalue weighted by Crippen LogP contribution is 2.22. The molecule has 0 rings (SSSR count). The van der Waals surface area contributed by atoms with Gasteiger partial charge in [0.2, 0.25) is 0 Å². The third-order valence-corrected chi connectivity index (χ3v) is 3.44. The van der Waals surface area contributed by atoms with Crippen LogP contribution in [0.25, 0.3) is 0 Å². The van der Waals surface area contributed by atoms with Gasteiger partial charge in [-0.2, -0.15) is 0 Å². The van der Waals surface area contributed by atoms with Crippen molar-refractivity contribution in [3.63, 3.8) is 0 Å². The highest BCUT2D eigenvalue weighted by Gasteiger charge is 2.07. The van der Waals surface area contributed by atoms with Crippen LogP contribution in [0.4, 0.5) is 0 Å². The fraction of sp³-hybridized carbons (Fsp3) is 0.611. The molecule has 0 aromatic rings. The molecular formula is C18H30O2. The Morgan fingerprint density at radius 2 is 1.75 bits per heavy atom. The van der Waals surface area contributed by atoms with Crippen LogP contribution in [0, 0.1) is 5.92 Å². The van der Waals surface area contributed by atoms with E-state index in [1.165, 1.54) is 16.7 Å². The van der Waals surface area contributed by atoms with E-state index in [1.54, 1.807) is 6.08 Å². The summed E-state index contributed by atoms with van der Waals surface area (Å²) in [7, 11) is 0. The molecule has 20 heavy (non-hydrogen) atoms. The minimum atomic E-state index is -0.255. The van der Waals surface area contributed by atoms with Gasteiger partial charge in [-0.1, -0.05) is 24.1 Å². The Labute approximate surface area is 124 Å². The molecule has 0 aliphatic heterocycles. The monoisotopic (exact) mass is 278 g/mol. The maximum atomic E-state index is 11.5. The van der Waals surface area contributed by atoms with E-state index >= 15 is 0 Å². The minimum absolute atomic E-state index is 0.255. The van der Waals surface area contributed by atoms with Crippen LogP contribution in [0.5, 0.6) is 0 Å². The molecule has 0 aliphatic carbocycles. The second-order valence-corrected chi connectivity index (χ2v) is 5.81. The molecule has 0 aromatic carbocycles. The third kappa shape index (κ3) is 7.98. The summed E-state index contributed by atoms with van der Waals surface area (Å²) in [5, 5.41) is 0. The Morgan fingerprint density at radius 1 is 1.15 bits per heavy atom. The molecule has 0 N–H and O–H groups in total. The molecule has 0 radical (unpaired) electrons. The van der Waals surface area contributed by atoms with Crippen LogP contribution in [0.2, 0.25) is 0 Å². The lowest BCUT2D eigenvalue weighted by molar-refractivity contribution is -0.137. The first-order valence-electron chi connectivity index (χ1n) is 7.43. The molecule has 0 aromatic heterocycles. The van der Waals surface area contributed by atoms with Crippen molar-refractivity contribution >= 4 is 5.97 Å². The first-order chi connectivity index (χ1) is 9.27. The first-order valence-corrected chi connectivity index (χ1v) is 7.43. The van der Waals surface area contributed by atoms with E-state index in [0.29, 0.717) is 12.5 Å². The maximum absolute atomic E-state index is 11.5. The van der Waals surface area contributed by atoms with Gasteiger partial charge in [0.15, 0.2) is 0 Å². The van der Waals surface area contributed by atoms with Crippen LogP contribution in [-0.2, 0) is 9.53 Å². The van der Waals surface area contributed by atoms with Gasteiger partial charge in [-0.25, -0.2) is 4.79 Å². The van der Waals surface area contributed by atoms with Crippen molar-refractivity contribution in [2.75, 3.05) is 6.61 Å². The Bertz CT molecular complexity index is 407. The number of ether oxygens (including phenoxy) is 1. The highest BCUT2D eigenvalue weighted by atomic mass is 16.5. The Balaban J connectivity index is 4.72. The zero-order valence-electron chi connectivity index (χ0n) is 14.2. The molecule has 0 saturated carbocycles. The third-order valence-electron chi connectivity index (χ3n) is 3.44. The standard InChI is InChI=1S/C18H30O2/c1-8-20-18(19)12-16(6)17(7)15(5)11-14(4)10-9-13(2)3/h9,12,14H,8,10-11H2,1-7H3. The van der Waals surface area contributed by atoms with Gasteiger partial charge in [0.05, 0.1) is 6.61 Å². The largest absolute Gasteiger partial charge is 0.463 e. The smallest absolute Gasteiger partial charge is 0.331 e. The molecule has 2 heteroatoms. The minimum Gasteiger partial charge on any atom is -0.463 e. The fourth-order valence-corrected chi connectivity index (χ4v) is 2.00. The average molecular weight is 278 g/mol. The van der Waals surface area contributed by atoms with E-state index in [4.69, 9.17) is 4.74 Å². The zero-order valence-corrected chi connectivity index (χ0v) is 14.2. The SMILES string of the molecule is CCOC(=O)C=C(C)C(C)=C(C)CC(C)CC=C(C)C. The van der Waals surface area contributed by atoms with E-state index in [1.807, 2.05) is 13.8 Å². The quantitative estimate of drug-likeness (QED) is 0.276. The molecule has 0 heterocycles. The molecule has 0 amide bonds. The highest BCUT2D eigenvalue weighted by molar-refractivity contribution is 5.83. The van der Waals surface area contributed by atoms with Crippen molar-refractivity contribution in [1.29, 1.82) is 0 Å². The van der Waals surface area contributed by atoms with E-state index in [2.05, 4.69) is 40.7 Å². The number of carbonyl (C=O) groups excluding carboxylic acids is 1. The summed E-state index contributed by atoms with van der Waals surface area (Å²) in [5.74, 6) is 0.366. The summed E-state index contributed by atoms with van der Waals surface area (Å²) in [6.07, 6.45) is 6.04. The summed E-state index contributed by atoms with van der Waals surface area (Å²) < 4.78 is 4.94. The lowest BCUT2D eigenvalue weighted by Gasteiger charge is -2.13. The number of hydrogen-bond donors (Lipinski definition) is 0. The molecular weight excluding hydrogens is 248 g/mol. The van der Waals surface area contributed by atoms with Crippen LogP contribution >= 0.6 is 0 Å². The lowest BCUT2D eigenvalue weighted by Crippen LogP contribution is -2.02. The molecule has 0 spiro atoms. The van der Waals surface area contributed by atoms with Crippen molar-refractivity contribution in [2.24, 2.45) is 5.92 Å². The summed E-state index contributed by atoms with van der Waals surface area (Å²) in [4.78, 5) is 11.5. The summed E-state index contributed by atoms with van der Waals surface area (Å²) in [6.45, 7) is 15.0. The summed E-state index contributed by atoms with van der Waals surface area (Å²) >= 11 is 0. The van der Waals surface area contributed by atoms with E-state index in [-0.39, 0.29) is 5.97 Å². The Hall–Kier alpha value is -1.31. The van der Waals surface area contributed by atoms with Gasteiger partial charge in [-0.05, 0) is 71.4 Å². The van der Waals surface area contributed by atoms with Gasteiger partial charge in [0, 0.05) is 6.08 Å². The molecule has 0 aliphatic rings. The van der Waals surface area contributed by atoms with Crippen LogP contribution in [0.1, 0.15) is 61.3 Å². The van der Waals surface area contributed by atoms with Crippen LogP contribution in [0.3, 0.4) is 0 Å². The maximum Gasteiger partial charge on any atom is 0.331 e. The predicted molar refractivity (Wildman–Crippen MR) is 86.6 cm³/mol. The van der Waals surface area contributed by atoms with Gasteiger partial charge in [-0.15, -0.1) is 0 Å². The van der Waals surface area contributed by atoms with Gasteiger partial charge >= 0.3 is 5.97 Å². The van der Waals surface area contributed by atoms with Gasteiger partial charge < -0.3 is 4.74 Å². The van der Waals surface area contributed by atoms with Gasteiger partial charge in [-0.3, -0.25) is 0 Å². The summed E-state index contributed by atoms with van der Waals surface area (Å²) in [6, 6.07) is 0. The molecule has 114 valence electrons. The topological polar surface area (TPSA) is 26.3 Å². The predicted octanol–water partition coefficient (Wildman–Crippen LogP) is 5.21. The number of allylic oxidation sites excluding steroid dienone is 5. The molecule has 0 saturated heterocycles. The van der Waals surface area contributed by atoms with Crippen molar-refractivity contribution in [2.45, 2.75) is 61.3 Å². The van der Waals surface area contributed by atoms with Crippen LogP contribution < -0.4 is 0 Å². The fourth-order valence-electron chi connectivity index (χ4n) is 2.00. The van der Waals surface area contributed by atoms with Crippen molar-refractivity contribution in [1.82, 2.24) is 0 Å². The molecule has 1 unspecified atom stereocenters. The van der Waals surface area contributed by atoms with Crippen LogP contribution in [-0.4, -0.2) is 12.6 Å². The van der Waals surface area contributed by atoms with Crippen molar-refractivity contribution < 1.29 is 9.53 Å². The Kier molecular flexibility index (Phi) is 8.94. The number of esters is 1. The first kappa shape index (κ1) is 18.7. The molecule has 0 bridgehead atoms. The second kappa shape index (κ2) is 9.57. The van der Waals surface area contributed by atoms with Gasteiger partial charge in [0.25, 0.3) is 0 Å². The number of hydrogen-bond acceptors (Lipinski definition) is 2. The molecule has 2 nitrogen and oxygen atoms in total. The zero-order chi connectivity index (χ0) is 15.7. The van der Waals surface area contributed by atoms with Crippen LogP contribution in [0.15, 0.2) is 34.4 Å².